The van der Waals surface area contributed by atoms with Crippen molar-refractivity contribution in [3.05, 3.63) is 42.7 Å². The van der Waals surface area contributed by atoms with Gasteiger partial charge >= 0.3 is 0 Å². The fourth-order valence-corrected chi connectivity index (χ4v) is 2.66. The molecule has 1 amide bonds. The number of amides is 1. The van der Waals surface area contributed by atoms with Crippen LogP contribution in [0.3, 0.4) is 0 Å². The molecule has 23 heavy (non-hydrogen) atoms. The maximum absolute atomic E-state index is 12.4. The summed E-state index contributed by atoms with van der Waals surface area (Å²) in [6.45, 7) is 1.87. The minimum atomic E-state index is -0.366. The molecule has 4 heterocycles. The predicted molar refractivity (Wildman–Crippen MR) is 80.9 cm³/mol. The molecule has 2 N–H and O–H groups in total. The number of rotatable bonds is 4. The van der Waals surface area contributed by atoms with E-state index in [-0.39, 0.29) is 11.6 Å². The Morgan fingerprint density at radius 3 is 3.22 bits per heavy atom. The minimum absolute atomic E-state index is 0.176. The quantitative estimate of drug-likeness (QED) is 0.763. The van der Waals surface area contributed by atoms with E-state index in [1.54, 1.807) is 18.3 Å². The highest BCUT2D eigenvalue weighted by molar-refractivity contribution is 6.06. The molecule has 3 aromatic heterocycles. The molecule has 1 unspecified atom stereocenters. The number of nitrogens with one attached hydrogen (secondary N) is 2. The van der Waals surface area contributed by atoms with Crippen LogP contribution in [0.1, 0.15) is 23.0 Å². The number of hydrogen-bond donors (Lipinski definition) is 2. The van der Waals surface area contributed by atoms with E-state index in [1.807, 2.05) is 10.9 Å². The maximum Gasteiger partial charge on any atom is 0.278 e. The molecule has 8 nitrogen and oxygen atoms in total. The van der Waals surface area contributed by atoms with Crippen molar-refractivity contribution in [3.63, 3.8) is 0 Å². The van der Waals surface area contributed by atoms with Gasteiger partial charge in [0.2, 0.25) is 0 Å². The number of nitrogens with zero attached hydrogens (tertiary/aromatic N) is 3. The lowest BCUT2D eigenvalue weighted by molar-refractivity contribution is 0.101. The van der Waals surface area contributed by atoms with Crippen LogP contribution in [-0.2, 0) is 0 Å². The highest BCUT2D eigenvalue weighted by Gasteiger charge is 2.21. The standard InChI is InChI=1S/C15H15N5O3/c21-15(14-12(9-23-19-14)13-2-1-5-22-13)18-10-6-17-20(8-10)11-3-4-16-7-11/h1-2,5-6,8-9,11,16H,3-4,7H2,(H,18,21). The van der Waals surface area contributed by atoms with Crippen LogP contribution < -0.4 is 10.6 Å². The molecule has 0 aromatic carbocycles. The SMILES string of the molecule is O=C(Nc1cnn(C2CCNC2)c1)c1nocc1-c1ccco1. The Labute approximate surface area is 131 Å². The largest absolute Gasteiger partial charge is 0.464 e. The fraction of sp³-hybridized carbons (Fsp3) is 0.267. The lowest BCUT2D eigenvalue weighted by atomic mass is 10.2. The van der Waals surface area contributed by atoms with E-state index in [0.717, 1.165) is 19.5 Å². The van der Waals surface area contributed by atoms with Gasteiger partial charge in [-0.1, -0.05) is 5.16 Å². The summed E-state index contributed by atoms with van der Waals surface area (Å²) in [6.07, 6.45) is 7.40. The first kappa shape index (κ1) is 13.8. The minimum Gasteiger partial charge on any atom is -0.464 e. The monoisotopic (exact) mass is 313 g/mol. The molecule has 0 radical (unpaired) electrons. The second kappa shape index (κ2) is 5.73. The molecule has 1 aliphatic heterocycles. The molecule has 1 fully saturated rings. The van der Waals surface area contributed by atoms with Crippen molar-refractivity contribution in [2.45, 2.75) is 12.5 Å². The molecule has 118 valence electrons. The highest BCUT2D eigenvalue weighted by atomic mass is 16.5. The van der Waals surface area contributed by atoms with Crippen LogP contribution in [0, 0.1) is 0 Å². The van der Waals surface area contributed by atoms with Gasteiger partial charge in [-0.3, -0.25) is 9.48 Å². The van der Waals surface area contributed by atoms with Crippen molar-refractivity contribution in [3.8, 4) is 11.3 Å². The first-order valence-corrected chi connectivity index (χ1v) is 7.36. The Balaban J connectivity index is 1.51. The second-order valence-electron chi connectivity index (χ2n) is 5.36. The Bertz CT molecular complexity index is 799. The van der Waals surface area contributed by atoms with E-state index >= 15 is 0 Å². The molecule has 3 aromatic rings. The fourth-order valence-electron chi connectivity index (χ4n) is 2.66. The molecule has 0 spiro atoms. The van der Waals surface area contributed by atoms with Crippen molar-refractivity contribution in [1.82, 2.24) is 20.3 Å². The number of furan rings is 1. The van der Waals surface area contributed by atoms with Crippen LogP contribution in [0.5, 0.6) is 0 Å². The van der Waals surface area contributed by atoms with E-state index in [9.17, 15) is 4.79 Å². The molecule has 0 bridgehead atoms. The summed E-state index contributed by atoms with van der Waals surface area (Å²) in [5, 5.41) is 14.1. The molecule has 4 rings (SSSR count). The molecule has 0 aliphatic carbocycles. The zero-order chi connectivity index (χ0) is 15.6. The predicted octanol–water partition coefficient (Wildman–Crippen LogP) is 1.92. The van der Waals surface area contributed by atoms with Crippen molar-refractivity contribution >= 4 is 11.6 Å². The van der Waals surface area contributed by atoms with Crippen molar-refractivity contribution in [1.29, 1.82) is 0 Å². The number of aromatic nitrogens is 3. The molecule has 1 aliphatic rings. The van der Waals surface area contributed by atoms with Crippen LogP contribution >= 0.6 is 0 Å². The smallest absolute Gasteiger partial charge is 0.278 e. The van der Waals surface area contributed by atoms with Gasteiger partial charge in [0.25, 0.3) is 5.91 Å². The van der Waals surface area contributed by atoms with Crippen molar-refractivity contribution < 1.29 is 13.7 Å². The van der Waals surface area contributed by atoms with Crippen LogP contribution in [0.15, 0.2) is 46.0 Å². The first-order chi connectivity index (χ1) is 11.3. The Kier molecular flexibility index (Phi) is 3.43. The van der Waals surface area contributed by atoms with Crippen LogP contribution in [0.4, 0.5) is 5.69 Å². The number of hydrogen-bond acceptors (Lipinski definition) is 6. The molecular weight excluding hydrogens is 298 g/mol. The Hall–Kier alpha value is -2.87. The Morgan fingerprint density at radius 1 is 1.48 bits per heavy atom. The normalized spacial score (nSPS) is 17.5. The van der Waals surface area contributed by atoms with Crippen molar-refractivity contribution in [2.75, 3.05) is 18.4 Å². The summed E-state index contributed by atoms with van der Waals surface area (Å²) in [5.41, 5.74) is 1.31. The second-order valence-corrected chi connectivity index (χ2v) is 5.36. The van der Waals surface area contributed by atoms with Gasteiger partial charge < -0.3 is 19.6 Å². The average molecular weight is 313 g/mol. The van der Waals surface area contributed by atoms with Crippen LogP contribution in [0.2, 0.25) is 0 Å². The zero-order valence-electron chi connectivity index (χ0n) is 12.2. The van der Waals surface area contributed by atoms with E-state index < -0.39 is 0 Å². The lowest BCUT2D eigenvalue weighted by Crippen LogP contribution is -2.14. The third-order valence-corrected chi connectivity index (χ3v) is 3.84. The van der Waals surface area contributed by atoms with E-state index in [1.165, 1.54) is 12.5 Å². The molecule has 8 heteroatoms. The molecule has 0 saturated carbocycles. The van der Waals surface area contributed by atoms with Crippen LogP contribution in [-0.4, -0.2) is 33.9 Å². The third kappa shape index (κ3) is 2.64. The van der Waals surface area contributed by atoms with Gasteiger partial charge in [-0.15, -0.1) is 0 Å². The topological polar surface area (TPSA) is 98.1 Å². The van der Waals surface area contributed by atoms with Gasteiger partial charge in [-0.25, -0.2) is 0 Å². The summed E-state index contributed by atoms with van der Waals surface area (Å²) in [4.78, 5) is 12.4. The summed E-state index contributed by atoms with van der Waals surface area (Å²) >= 11 is 0. The van der Waals surface area contributed by atoms with Gasteiger partial charge in [0.1, 0.15) is 12.0 Å². The average Bonchev–Trinajstić information content (AvgIpc) is 3.30. The third-order valence-electron chi connectivity index (χ3n) is 3.84. The summed E-state index contributed by atoms with van der Waals surface area (Å²) in [5.74, 6) is 0.165. The molecule has 1 saturated heterocycles. The van der Waals surface area contributed by atoms with E-state index in [0.29, 0.717) is 23.1 Å². The molecule has 1 atom stereocenters. The number of carbonyl (C=O) groups is 1. The van der Waals surface area contributed by atoms with Crippen molar-refractivity contribution in [2.24, 2.45) is 0 Å². The molecular formula is C15H15N5O3. The van der Waals surface area contributed by atoms with Gasteiger partial charge in [0.05, 0.1) is 29.8 Å². The van der Waals surface area contributed by atoms with Gasteiger partial charge in [-0.2, -0.15) is 5.10 Å². The van der Waals surface area contributed by atoms with Gasteiger partial charge in [0, 0.05) is 12.7 Å². The van der Waals surface area contributed by atoms with Gasteiger partial charge in [-0.05, 0) is 25.1 Å². The lowest BCUT2D eigenvalue weighted by Gasteiger charge is -2.07. The summed E-state index contributed by atoms with van der Waals surface area (Å²) < 4.78 is 12.1. The van der Waals surface area contributed by atoms with Gasteiger partial charge in [0.15, 0.2) is 5.69 Å². The summed E-state index contributed by atoms with van der Waals surface area (Å²) in [6, 6.07) is 3.81. The first-order valence-electron chi connectivity index (χ1n) is 7.36. The van der Waals surface area contributed by atoms with E-state index in [4.69, 9.17) is 8.94 Å². The zero-order valence-corrected chi connectivity index (χ0v) is 12.2. The number of carbonyl (C=O) groups excluding carboxylic acids is 1. The number of anilines is 1. The van der Waals surface area contributed by atoms with Crippen LogP contribution in [0.25, 0.3) is 11.3 Å². The Morgan fingerprint density at radius 2 is 2.43 bits per heavy atom. The van der Waals surface area contributed by atoms with E-state index in [2.05, 4.69) is 20.9 Å². The summed E-state index contributed by atoms with van der Waals surface area (Å²) in [7, 11) is 0. The maximum atomic E-state index is 12.4. The highest BCUT2D eigenvalue weighted by Crippen LogP contribution is 2.24.